The monoisotopic (exact) mass is 452 g/mol. The second kappa shape index (κ2) is 11.7. The molecular weight excluding hydrogens is 426 g/mol. The van der Waals surface area contributed by atoms with Crippen molar-refractivity contribution in [2.24, 2.45) is 5.92 Å². The Hall–Kier alpha value is -3.56. The molecule has 10 heteroatoms. The van der Waals surface area contributed by atoms with Crippen LogP contribution in [-0.2, 0) is 0 Å². The van der Waals surface area contributed by atoms with Gasteiger partial charge >= 0.3 is 6.61 Å². The average Bonchev–Trinajstić information content (AvgIpc) is 2.76. The van der Waals surface area contributed by atoms with Crippen LogP contribution in [0, 0.1) is 5.92 Å². The molecule has 2 aromatic carbocycles. The number of amides is 2. The van der Waals surface area contributed by atoms with E-state index in [2.05, 4.69) is 29.4 Å². The maximum absolute atomic E-state index is 12.4. The number of methoxy groups -OCH3 is 2. The first-order chi connectivity index (χ1) is 15.2. The lowest BCUT2D eigenvalue weighted by atomic mass is 10.1. The minimum absolute atomic E-state index is 0.0536. The molecule has 0 aliphatic carbocycles. The molecule has 8 nitrogen and oxygen atoms in total. The molecule has 0 aliphatic rings. The van der Waals surface area contributed by atoms with Crippen LogP contribution >= 0.6 is 0 Å². The molecule has 0 atom stereocenters. The highest BCUT2D eigenvalue weighted by Gasteiger charge is 2.16. The van der Waals surface area contributed by atoms with Crippen LogP contribution in [0.25, 0.3) is 0 Å². The molecular formula is C22H26F2N2O6. The van der Waals surface area contributed by atoms with E-state index in [1.165, 1.54) is 44.6 Å². The topological polar surface area (TPSA) is 95.1 Å². The Morgan fingerprint density at radius 1 is 0.844 bits per heavy atom. The number of benzene rings is 2. The third-order valence-electron chi connectivity index (χ3n) is 4.31. The van der Waals surface area contributed by atoms with Crippen LogP contribution in [0.4, 0.5) is 8.78 Å². The Morgan fingerprint density at radius 3 is 1.81 bits per heavy atom. The molecule has 0 bridgehead atoms. The van der Waals surface area contributed by atoms with Gasteiger partial charge in [-0.3, -0.25) is 20.4 Å². The first-order valence-corrected chi connectivity index (χ1v) is 9.79. The number of halogens is 2. The van der Waals surface area contributed by atoms with Gasteiger partial charge in [-0.25, -0.2) is 0 Å². The smallest absolute Gasteiger partial charge is 0.387 e. The summed E-state index contributed by atoms with van der Waals surface area (Å²) in [4.78, 5) is 24.7. The van der Waals surface area contributed by atoms with E-state index in [4.69, 9.17) is 14.2 Å². The Bertz CT molecular complexity index is 937. The number of carbonyl (C=O) groups is 2. The highest BCUT2D eigenvalue weighted by Crippen LogP contribution is 2.30. The maximum atomic E-state index is 12.4. The lowest BCUT2D eigenvalue weighted by Gasteiger charge is -2.14. The maximum Gasteiger partial charge on any atom is 0.387 e. The zero-order valence-electron chi connectivity index (χ0n) is 18.2. The third kappa shape index (κ3) is 7.00. The first kappa shape index (κ1) is 24.7. The zero-order chi connectivity index (χ0) is 23.7. The molecule has 2 aromatic rings. The fraction of sp³-hybridized carbons (Fsp3) is 0.364. The van der Waals surface area contributed by atoms with Crippen LogP contribution in [0.15, 0.2) is 36.4 Å². The molecule has 0 unspecified atom stereocenters. The second-order valence-corrected chi connectivity index (χ2v) is 7.05. The van der Waals surface area contributed by atoms with E-state index >= 15 is 0 Å². The average molecular weight is 452 g/mol. The molecule has 0 spiro atoms. The van der Waals surface area contributed by atoms with Crippen molar-refractivity contribution in [1.29, 1.82) is 0 Å². The van der Waals surface area contributed by atoms with E-state index in [0.717, 1.165) is 6.42 Å². The lowest BCUT2D eigenvalue weighted by Crippen LogP contribution is -2.41. The molecule has 32 heavy (non-hydrogen) atoms. The first-order valence-electron chi connectivity index (χ1n) is 9.79. The van der Waals surface area contributed by atoms with E-state index in [9.17, 15) is 18.4 Å². The summed E-state index contributed by atoms with van der Waals surface area (Å²) in [5.74, 6) is -0.162. The van der Waals surface area contributed by atoms with E-state index in [1.54, 1.807) is 6.07 Å². The number of ether oxygens (including phenoxy) is 4. The Labute approximate surface area is 184 Å². The summed E-state index contributed by atoms with van der Waals surface area (Å²) in [5.41, 5.74) is 4.83. The van der Waals surface area contributed by atoms with Crippen molar-refractivity contribution in [2.45, 2.75) is 26.9 Å². The largest absolute Gasteiger partial charge is 0.493 e. The highest BCUT2D eigenvalue weighted by molar-refractivity contribution is 5.99. The lowest BCUT2D eigenvalue weighted by molar-refractivity contribution is -0.0512. The Balaban J connectivity index is 2.01. The number of nitrogens with one attached hydrogen (secondary N) is 2. The van der Waals surface area contributed by atoms with Gasteiger partial charge in [-0.2, -0.15) is 8.78 Å². The normalized spacial score (nSPS) is 10.6. The van der Waals surface area contributed by atoms with Gasteiger partial charge in [0.2, 0.25) is 0 Å². The Kier molecular flexibility index (Phi) is 9.06. The summed E-state index contributed by atoms with van der Waals surface area (Å²) < 4.78 is 45.1. The number of rotatable bonds is 10. The summed E-state index contributed by atoms with van der Waals surface area (Å²) in [6.07, 6.45) is 0.872. The molecule has 0 saturated heterocycles. The van der Waals surface area contributed by atoms with E-state index in [-0.39, 0.29) is 22.6 Å². The quantitative estimate of drug-likeness (QED) is 0.533. The molecule has 0 radical (unpaired) electrons. The van der Waals surface area contributed by atoms with E-state index < -0.39 is 18.4 Å². The molecule has 2 amide bonds. The van der Waals surface area contributed by atoms with Crippen LogP contribution in [0.5, 0.6) is 23.0 Å². The molecule has 174 valence electrons. The van der Waals surface area contributed by atoms with Crippen LogP contribution in [0.2, 0.25) is 0 Å². The van der Waals surface area contributed by atoms with Gasteiger partial charge in [0.1, 0.15) is 0 Å². The van der Waals surface area contributed by atoms with Gasteiger partial charge in [-0.15, -0.1) is 0 Å². The fourth-order valence-corrected chi connectivity index (χ4v) is 2.59. The van der Waals surface area contributed by atoms with Gasteiger partial charge in [0.25, 0.3) is 11.8 Å². The van der Waals surface area contributed by atoms with Crippen LogP contribution in [0.1, 0.15) is 41.0 Å². The number of alkyl halides is 2. The molecule has 0 heterocycles. The van der Waals surface area contributed by atoms with Crippen LogP contribution < -0.4 is 29.8 Å². The Morgan fingerprint density at radius 2 is 1.34 bits per heavy atom. The molecule has 2 rings (SSSR count). The summed E-state index contributed by atoms with van der Waals surface area (Å²) in [6.45, 7) is 1.65. The highest BCUT2D eigenvalue weighted by atomic mass is 19.3. The van der Waals surface area contributed by atoms with Gasteiger partial charge in [0, 0.05) is 11.1 Å². The summed E-state index contributed by atoms with van der Waals surface area (Å²) in [5, 5.41) is 0. The summed E-state index contributed by atoms with van der Waals surface area (Å²) >= 11 is 0. The number of carbonyl (C=O) groups excluding carboxylic acids is 2. The molecule has 0 aromatic heterocycles. The van der Waals surface area contributed by atoms with Crippen molar-refractivity contribution >= 4 is 11.8 Å². The fourth-order valence-electron chi connectivity index (χ4n) is 2.59. The minimum Gasteiger partial charge on any atom is -0.493 e. The van der Waals surface area contributed by atoms with Crippen molar-refractivity contribution in [1.82, 2.24) is 10.9 Å². The van der Waals surface area contributed by atoms with Crippen molar-refractivity contribution in [3.05, 3.63) is 47.5 Å². The van der Waals surface area contributed by atoms with Gasteiger partial charge in [-0.05, 0) is 48.7 Å². The standard InChI is InChI=1S/C22H26F2N2O6/c1-13(2)9-10-31-16-7-5-14(11-18(16)29-3)20(27)25-26-21(28)15-6-8-17(32-22(23)24)19(12-15)30-4/h5-8,11-13,22H,9-10H2,1-4H3,(H,25,27)(H,26,28). The summed E-state index contributed by atoms with van der Waals surface area (Å²) in [6, 6.07) is 8.28. The van der Waals surface area contributed by atoms with Crippen LogP contribution in [0.3, 0.4) is 0 Å². The predicted octanol–water partition coefficient (Wildman–Crippen LogP) is 3.80. The number of hydrogen-bond acceptors (Lipinski definition) is 6. The van der Waals surface area contributed by atoms with Gasteiger partial charge in [0.05, 0.1) is 20.8 Å². The van der Waals surface area contributed by atoms with Crippen molar-refractivity contribution in [3.63, 3.8) is 0 Å². The summed E-state index contributed by atoms with van der Waals surface area (Å²) in [7, 11) is 2.71. The van der Waals surface area contributed by atoms with Gasteiger partial charge in [-0.1, -0.05) is 13.8 Å². The number of hydrazine groups is 1. The second-order valence-electron chi connectivity index (χ2n) is 7.05. The van der Waals surface area contributed by atoms with Gasteiger partial charge in [0.15, 0.2) is 23.0 Å². The molecule has 0 saturated carbocycles. The minimum atomic E-state index is -3.04. The van der Waals surface area contributed by atoms with Crippen molar-refractivity contribution in [2.75, 3.05) is 20.8 Å². The van der Waals surface area contributed by atoms with Crippen molar-refractivity contribution < 1.29 is 37.3 Å². The predicted molar refractivity (Wildman–Crippen MR) is 113 cm³/mol. The zero-order valence-corrected chi connectivity index (χ0v) is 18.2. The molecule has 0 fully saturated rings. The molecule has 2 N–H and O–H groups in total. The van der Waals surface area contributed by atoms with Gasteiger partial charge < -0.3 is 18.9 Å². The molecule has 0 aliphatic heterocycles. The third-order valence-corrected chi connectivity index (χ3v) is 4.31. The van der Waals surface area contributed by atoms with Crippen LogP contribution in [-0.4, -0.2) is 39.3 Å². The van der Waals surface area contributed by atoms with E-state index in [1.807, 2.05) is 0 Å². The number of hydrogen-bond donors (Lipinski definition) is 2. The van der Waals surface area contributed by atoms with E-state index in [0.29, 0.717) is 24.0 Å². The van der Waals surface area contributed by atoms with Crippen molar-refractivity contribution in [3.8, 4) is 23.0 Å². The SMILES string of the molecule is COc1cc(C(=O)NNC(=O)c2ccc(OC(F)F)c(OC)c2)ccc1OCCC(C)C.